The van der Waals surface area contributed by atoms with E-state index in [4.69, 9.17) is 23.2 Å². The number of nitrogens with zero attached hydrogens (tertiary/aromatic N) is 3. The van der Waals surface area contributed by atoms with Crippen molar-refractivity contribution in [2.45, 2.75) is 13.0 Å². The van der Waals surface area contributed by atoms with Gasteiger partial charge in [0.1, 0.15) is 13.2 Å². The molecule has 1 aromatic carbocycles. The summed E-state index contributed by atoms with van der Waals surface area (Å²) in [7, 11) is 2.82. The third-order valence-electron chi connectivity index (χ3n) is 3.48. The fraction of sp³-hybridized carbons (Fsp3) is 0.235. The molecular formula is C17H18Cl2N4O3. The highest BCUT2D eigenvalue weighted by atomic mass is 35.5. The summed E-state index contributed by atoms with van der Waals surface area (Å²) in [5.41, 5.74) is 1.51. The Morgan fingerprint density at radius 1 is 1.42 bits per heavy atom. The van der Waals surface area contributed by atoms with Crippen molar-refractivity contribution in [3.63, 3.8) is 0 Å². The highest BCUT2D eigenvalue weighted by molar-refractivity contribution is 6.45. The van der Waals surface area contributed by atoms with Crippen molar-refractivity contribution in [1.82, 2.24) is 15.1 Å². The van der Waals surface area contributed by atoms with E-state index in [1.807, 2.05) is 0 Å². The van der Waals surface area contributed by atoms with Crippen LogP contribution in [-0.2, 0) is 9.63 Å². The molecule has 7 nitrogen and oxygen atoms in total. The van der Waals surface area contributed by atoms with Gasteiger partial charge in [-0.1, -0.05) is 28.4 Å². The molecule has 2 N–H and O–H groups in total. The average molecular weight is 397 g/mol. The van der Waals surface area contributed by atoms with Crippen LogP contribution >= 0.6 is 23.2 Å². The molecule has 0 fully saturated rings. The molecule has 1 unspecified atom stereocenters. The van der Waals surface area contributed by atoms with Crippen LogP contribution in [0, 0.1) is 0 Å². The van der Waals surface area contributed by atoms with E-state index in [1.165, 1.54) is 24.9 Å². The summed E-state index contributed by atoms with van der Waals surface area (Å²) in [6.07, 6.45) is 2.08. The van der Waals surface area contributed by atoms with Crippen LogP contribution in [0.3, 0.4) is 0 Å². The molecule has 2 rings (SSSR count). The zero-order valence-electron chi connectivity index (χ0n) is 14.4. The Hall–Kier alpha value is -2.35. The Morgan fingerprint density at radius 2 is 2.15 bits per heavy atom. The highest BCUT2D eigenvalue weighted by Gasteiger charge is 2.16. The number of aromatic nitrogens is 2. The maximum atomic E-state index is 11.8. The first kappa shape index (κ1) is 20.0. The smallest absolute Gasteiger partial charge is 0.273 e. The van der Waals surface area contributed by atoms with E-state index in [2.05, 4.69) is 20.4 Å². The van der Waals surface area contributed by atoms with E-state index in [0.29, 0.717) is 27.0 Å². The fourth-order valence-electron chi connectivity index (χ4n) is 2.20. The molecule has 1 amide bonds. The van der Waals surface area contributed by atoms with Gasteiger partial charge in [-0.05, 0) is 42.8 Å². The summed E-state index contributed by atoms with van der Waals surface area (Å²) < 4.78 is 1.53. The largest absolute Gasteiger partial charge is 0.398 e. The van der Waals surface area contributed by atoms with Gasteiger partial charge >= 0.3 is 0 Å². The molecular weight excluding hydrogens is 379 g/mol. The van der Waals surface area contributed by atoms with E-state index in [0.717, 1.165) is 0 Å². The normalized spacial score (nSPS) is 13.5. The number of amides is 1. The molecule has 1 aromatic heterocycles. The summed E-state index contributed by atoms with van der Waals surface area (Å²) in [4.78, 5) is 16.5. The molecule has 26 heavy (non-hydrogen) atoms. The van der Waals surface area contributed by atoms with Crippen molar-refractivity contribution in [2.24, 2.45) is 5.16 Å². The number of rotatable bonds is 6. The molecule has 0 aliphatic heterocycles. The van der Waals surface area contributed by atoms with Crippen LogP contribution in [0.4, 0.5) is 0 Å². The molecule has 0 radical (unpaired) electrons. The SMILES string of the molecule is CNC(=O)C(=N/OC)/C(C)=C\C(O)c1ccn(-c2ccc(Cl)cc2Cl)n1. The molecule has 0 saturated carbocycles. The molecule has 0 bridgehead atoms. The summed E-state index contributed by atoms with van der Waals surface area (Å²) in [6.45, 7) is 1.64. The van der Waals surface area contributed by atoms with E-state index in [9.17, 15) is 9.90 Å². The molecule has 0 aliphatic rings. The Labute approximate surface area is 160 Å². The number of hydrogen-bond acceptors (Lipinski definition) is 5. The average Bonchev–Trinajstić information content (AvgIpc) is 3.08. The van der Waals surface area contributed by atoms with Crippen LogP contribution in [0.15, 0.2) is 47.3 Å². The van der Waals surface area contributed by atoms with Gasteiger partial charge in [0.15, 0.2) is 5.71 Å². The number of benzene rings is 1. The first-order chi connectivity index (χ1) is 12.4. The number of oxime groups is 1. The van der Waals surface area contributed by atoms with Gasteiger partial charge in [-0.15, -0.1) is 0 Å². The third-order valence-corrected chi connectivity index (χ3v) is 4.01. The topological polar surface area (TPSA) is 88.7 Å². The van der Waals surface area contributed by atoms with Crippen molar-refractivity contribution in [1.29, 1.82) is 0 Å². The number of halogens is 2. The second-order valence-electron chi connectivity index (χ2n) is 5.28. The van der Waals surface area contributed by atoms with E-state index in [-0.39, 0.29) is 5.71 Å². The van der Waals surface area contributed by atoms with Gasteiger partial charge in [-0.3, -0.25) is 4.79 Å². The third kappa shape index (κ3) is 4.63. The van der Waals surface area contributed by atoms with Crippen molar-refractivity contribution >= 4 is 34.8 Å². The Morgan fingerprint density at radius 3 is 2.77 bits per heavy atom. The number of carbonyl (C=O) groups excluding carboxylic acids is 1. The monoisotopic (exact) mass is 396 g/mol. The van der Waals surface area contributed by atoms with E-state index >= 15 is 0 Å². The van der Waals surface area contributed by atoms with Crippen LogP contribution in [0.1, 0.15) is 18.7 Å². The maximum absolute atomic E-state index is 11.8. The maximum Gasteiger partial charge on any atom is 0.273 e. The molecule has 1 atom stereocenters. The van der Waals surface area contributed by atoms with Gasteiger partial charge in [-0.25, -0.2) is 4.68 Å². The zero-order chi connectivity index (χ0) is 19.3. The number of aliphatic hydroxyl groups excluding tert-OH is 1. The number of hydrogen-bond donors (Lipinski definition) is 2. The Bertz CT molecular complexity index is 861. The molecule has 0 saturated heterocycles. The van der Waals surface area contributed by atoms with Crippen LogP contribution in [0.25, 0.3) is 5.69 Å². The molecule has 0 spiro atoms. The molecule has 138 valence electrons. The van der Waals surface area contributed by atoms with Crippen molar-refractivity contribution in [2.75, 3.05) is 14.2 Å². The lowest BCUT2D eigenvalue weighted by molar-refractivity contribution is -0.114. The van der Waals surface area contributed by atoms with Crippen LogP contribution < -0.4 is 5.32 Å². The quantitative estimate of drug-likeness (QED) is 0.580. The van der Waals surface area contributed by atoms with Crippen LogP contribution in [0.2, 0.25) is 10.0 Å². The molecule has 9 heteroatoms. The van der Waals surface area contributed by atoms with Gasteiger partial charge in [0.2, 0.25) is 0 Å². The fourth-order valence-corrected chi connectivity index (χ4v) is 2.70. The number of carbonyl (C=O) groups is 1. The van der Waals surface area contributed by atoms with Gasteiger partial charge in [-0.2, -0.15) is 5.10 Å². The van der Waals surface area contributed by atoms with Crippen LogP contribution in [-0.4, -0.2) is 40.7 Å². The standard InChI is InChI=1S/C17H18Cl2N4O3/c1-10(16(22-26-3)17(25)20-2)8-15(24)13-6-7-23(21-13)14-5-4-11(18)9-12(14)19/h4-9,15,24H,1-3H3,(H,20,25)/b10-8-,22-16+. The lowest BCUT2D eigenvalue weighted by Gasteiger charge is -2.08. The summed E-state index contributed by atoms with van der Waals surface area (Å²) >= 11 is 12.1. The molecule has 0 aliphatic carbocycles. The van der Waals surface area contributed by atoms with Gasteiger partial charge in [0, 0.05) is 18.3 Å². The lowest BCUT2D eigenvalue weighted by atomic mass is 10.1. The van der Waals surface area contributed by atoms with Gasteiger partial charge in [0.05, 0.1) is 16.4 Å². The highest BCUT2D eigenvalue weighted by Crippen LogP contribution is 2.25. The van der Waals surface area contributed by atoms with Gasteiger partial charge in [0.25, 0.3) is 5.91 Å². The molecule has 1 heterocycles. The minimum Gasteiger partial charge on any atom is -0.398 e. The number of aliphatic hydroxyl groups is 1. The van der Waals surface area contributed by atoms with Gasteiger partial charge < -0.3 is 15.3 Å². The predicted octanol–water partition coefficient (Wildman–Crippen LogP) is 2.91. The van der Waals surface area contributed by atoms with Crippen LogP contribution in [0.5, 0.6) is 0 Å². The second kappa shape index (κ2) is 8.84. The Balaban J connectivity index is 2.28. The number of nitrogens with one attached hydrogen (secondary N) is 1. The first-order valence-electron chi connectivity index (χ1n) is 7.58. The molecule has 2 aromatic rings. The van der Waals surface area contributed by atoms with Crippen molar-refractivity contribution < 1.29 is 14.7 Å². The second-order valence-corrected chi connectivity index (χ2v) is 6.12. The summed E-state index contributed by atoms with van der Waals surface area (Å²) in [5, 5.41) is 21.8. The predicted molar refractivity (Wildman–Crippen MR) is 101 cm³/mol. The van der Waals surface area contributed by atoms with Crippen molar-refractivity contribution in [3.05, 3.63) is 57.9 Å². The van der Waals surface area contributed by atoms with E-state index < -0.39 is 12.0 Å². The summed E-state index contributed by atoms with van der Waals surface area (Å²) in [5.74, 6) is -0.425. The van der Waals surface area contributed by atoms with Crippen molar-refractivity contribution in [3.8, 4) is 5.69 Å². The summed E-state index contributed by atoms with van der Waals surface area (Å²) in [6, 6.07) is 6.68. The minimum absolute atomic E-state index is 0.0641. The zero-order valence-corrected chi connectivity index (χ0v) is 15.9. The minimum atomic E-state index is -1.05. The lowest BCUT2D eigenvalue weighted by Crippen LogP contribution is -2.28. The first-order valence-corrected chi connectivity index (χ1v) is 8.34. The Kier molecular flexibility index (Phi) is 6.79. The van der Waals surface area contributed by atoms with E-state index in [1.54, 1.807) is 37.4 Å².